The van der Waals surface area contributed by atoms with Crippen LogP contribution < -0.4 is 4.74 Å². The third-order valence-electron chi connectivity index (χ3n) is 2.55. The van der Waals surface area contributed by atoms with Crippen LogP contribution in [0, 0.1) is 11.3 Å². The molecule has 0 aliphatic rings. The first kappa shape index (κ1) is 12.5. The molecule has 0 saturated carbocycles. The lowest BCUT2D eigenvalue weighted by atomic mass is 10.1. The van der Waals surface area contributed by atoms with E-state index < -0.39 is 0 Å². The summed E-state index contributed by atoms with van der Waals surface area (Å²) in [7, 11) is 1.78. The summed E-state index contributed by atoms with van der Waals surface area (Å²) in [4.78, 5) is 4.21. The molecule has 5 heteroatoms. The number of imidazole rings is 1. The van der Waals surface area contributed by atoms with Gasteiger partial charge >= 0.3 is 0 Å². The Morgan fingerprint density at radius 2 is 2.28 bits per heavy atom. The summed E-state index contributed by atoms with van der Waals surface area (Å²) in [5, 5.41) is 9.61. The zero-order chi connectivity index (χ0) is 13.1. The van der Waals surface area contributed by atoms with E-state index in [2.05, 4.69) is 11.1 Å². The number of hydrogen-bond acceptors (Lipinski definition) is 3. The number of ether oxygens (including phenoxy) is 1. The first-order valence-corrected chi connectivity index (χ1v) is 5.89. The number of aryl methyl sites for hydroxylation is 1. The van der Waals surface area contributed by atoms with Crippen LogP contribution in [-0.2, 0) is 7.05 Å². The predicted molar refractivity (Wildman–Crippen MR) is 69.5 cm³/mol. The molecule has 0 saturated heterocycles. The third-order valence-corrected chi connectivity index (χ3v) is 2.84. The van der Waals surface area contributed by atoms with Crippen LogP contribution in [0.4, 0.5) is 0 Å². The predicted octanol–water partition coefficient (Wildman–Crippen LogP) is 3.01. The monoisotopic (exact) mass is 261 g/mol. The highest BCUT2D eigenvalue weighted by molar-refractivity contribution is 6.32. The van der Waals surface area contributed by atoms with Crippen molar-refractivity contribution in [2.75, 3.05) is 6.61 Å². The molecule has 0 atom stereocenters. The van der Waals surface area contributed by atoms with E-state index in [1.807, 2.05) is 13.0 Å². The summed E-state index contributed by atoms with van der Waals surface area (Å²) in [6, 6.07) is 7.52. The molecule has 0 spiro atoms. The second kappa shape index (κ2) is 5.11. The molecule has 0 amide bonds. The molecular weight excluding hydrogens is 250 g/mol. The molecule has 18 heavy (non-hydrogen) atoms. The average Bonchev–Trinajstić information content (AvgIpc) is 2.73. The fraction of sp³-hybridized carbons (Fsp3) is 0.231. The van der Waals surface area contributed by atoms with Crippen LogP contribution >= 0.6 is 11.6 Å². The Morgan fingerprint density at radius 3 is 2.89 bits per heavy atom. The first-order valence-electron chi connectivity index (χ1n) is 5.51. The van der Waals surface area contributed by atoms with E-state index in [0.717, 1.165) is 5.56 Å². The van der Waals surface area contributed by atoms with E-state index in [4.69, 9.17) is 21.6 Å². The minimum absolute atomic E-state index is 0.509. The summed E-state index contributed by atoms with van der Waals surface area (Å²) in [5.41, 5.74) is 1.95. The average molecular weight is 262 g/mol. The maximum absolute atomic E-state index is 9.09. The zero-order valence-electron chi connectivity index (χ0n) is 10.1. The van der Waals surface area contributed by atoms with Crippen molar-refractivity contribution in [3.8, 4) is 23.1 Å². The second-order valence-electron chi connectivity index (χ2n) is 3.74. The van der Waals surface area contributed by atoms with Gasteiger partial charge < -0.3 is 9.30 Å². The van der Waals surface area contributed by atoms with Gasteiger partial charge in [0.1, 0.15) is 23.2 Å². The van der Waals surface area contributed by atoms with Crippen molar-refractivity contribution < 1.29 is 4.74 Å². The van der Waals surface area contributed by atoms with Crippen LogP contribution in [0.5, 0.6) is 5.75 Å². The molecule has 4 nitrogen and oxygen atoms in total. The van der Waals surface area contributed by atoms with Gasteiger partial charge in [0.05, 0.1) is 18.0 Å². The first-order chi connectivity index (χ1) is 8.67. The van der Waals surface area contributed by atoms with Crippen molar-refractivity contribution in [1.82, 2.24) is 9.55 Å². The zero-order valence-corrected chi connectivity index (χ0v) is 10.9. The van der Waals surface area contributed by atoms with E-state index in [-0.39, 0.29) is 0 Å². The Hall–Kier alpha value is -1.99. The van der Waals surface area contributed by atoms with Crippen molar-refractivity contribution in [2.24, 2.45) is 7.05 Å². The van der Waals surface area contributed by atoms with E-state index in [9.17, 15) is 0 Å². The number of benzene rings is 1. The minimum atomic E-state index is 0.509. The Morgan fingerprint density at radius 1 is 1.50 bits per heavy atom. The van der Waals surface area contributed by atoms with Gasteiger partial charge in [0.15, 0.2) is 0 Å². The second-order valence-corrected chi connectivity index (χ2v) is 4.15. The Labute approximate surface area is 110 Å². The van der Waals surface area contributed by atoms with E-state index >= 15 is 0 Å². The number of aromatic nitrogens is 2. The van der Waals surface area contributed by atoms with Gasteiger partial charge in [-0.1, -0.05) is 11.6 Å². The van der Waals surface area contributed by atoms with Crippen LogP contribution in [0.15, 0.2) is 24.5 Å². The SMILES string of the molecule is CCOc1ccc(-c2ncn(C)c2C#N)cc1Cl. The maximum Gasteiger partial charge on any atom is 0.147 e. The highest BCUT2D eigenvalue weighted by Gasteiger charge is 2.12. The standard InChI is InChI=1S/C13H12ClN3O/c1-3-18-12-5-4-9(6-10(12)14)13-11(7-15)17(2)8-16-13/h4-6,8H,3H2,1-2H3. The minimum Gasteiger partial charge on any atom is -0.492 e. The molecule has 1 aromatic carbocycles. The quantitative estimate of drug-likeness (QED) is 0.853. The number of hydrogen-bond donors (Lipinski definition) is 0. The van der Waals surface area contributed by atoms with Crippen molar-refractivity contribution in [2.45, 2.75) is 6.92 Å². The lowest BCUT2D eigenvalue weighted by molar-refractivity contribution is 0.340. The lowest BCUT2D eigenvalue weighted by Crippen LogP contribution is -1.93. The highest BCUT2D eigenvalue weighted by atomic mass is 35.5. The molecule has 1 heterocycles. The van der Waals surface area contributed by atoms with Gasteiger partial charge in [0, 0.05) is 12.6 Å². The summed E-state index contributed by atoms with van der Waals surface area (Å²) < 4.78 is 7.05. The third kappa shape index (κ3) is 2.18. The van der Waals surface area contributed by atoms with E-state index in [0.29, 0.717) is 28.8 Å². The topological polar surface area (TPSA) is 50.8 Å². The Bertz CT molecular complexity index is 613. The van der Waals surface area contributed by atoms with Gasteiger partial charge in [-0.05, 0) is 25.1 Å². The molecule has 0 unspecified atom stereocenters. The van der Waals surface area contributed by atoms with E-state index in [1.54, 1.807) is 30.1 Å². The number of halogens is 1. The van der Waals surface area contributed by atoms with Crippen LogP contribution in [0.1, 0.15) is 12.6 Å². The van der Waals surface area contributed by atoms with Gasteiger partial charge in [-0.15, -0.1) is 0 Å². The van der Waals surface area contributed by atoms with Crippen molar-refractivity contribution in [3.05, 3.63) is 35.2 Å². The Kier molecular flexibility index (Phi) is 3.54. The van der Waals surface area contributed by atoms with Gasteiger partial charge in [-0.3, -0.25) is 0 Å². The maximum atomic E-state index is 9.09. The molecule has 2 aromatic rings. The van der Waals surface area contributed by atoms with Crippen LogP contribution in [-0.4, -0.2) is 16.2 Å². The molecule has 1 aromatic heterocycles. The van der Waals surface area contributed by atoms with Crippen LogP contribution in [0.25, 0.3) is 11.3 Å². The largest absolute Gasteiger partial charge is 0.492 e. The summed E-state index contributed by atoms with van der Waals surface area (Å²) >= 11 is 6.12. The molecule has 0 radical (unpaired) electrons. The fourth-order valence-corrected chi connectivity index (χ4v) is 1.93. The number of rotatable bonds is 3. The van der Waals surface area contributed by atoms with Crippen molar-refractivity contribution >= 4 is 11.6 Å². The van der Waals surface area contributed by atoms with Gasteiger partial charge in [-0.2, -0.15) is 5.26 Å². The lowest BCUT2D eigenvalue weighted by Gasteiger charge is -2.06. The number of nitriles is 1. The van der Waals surface area contributed by atoms with Crippen LogP contribution in [0.3, 0.4) is 0 Å². The van der Waals surface area contributed by atoms with Crippen molar-refractivity contribution in [1.29, 1.82) is 5.26 Å². The molecule has 0 aliphatic heterocycles. The molecule has 0 bridgehead atoms. The molecule has 0 N–H and O–H groups in total. The highest BCUT2D eigenvalue weighted by Crippen LogP contribution is 2.30. The Balaban J connectivity index is 2.46. The van der Waals surface area contributed by atoms with Gasteiger partial charge in [0.25, 0.3) is 0 Å². The molecule has 92 valence electrons. The molecular formula is C13H12ClN3O. The van der Waals surface area contributed by atoms with Gasteiger partial charge in [-0.25, -0.2) is 4.98 Å². The number of nitrogens with zero attached hydrogens (tertiary/aromatic N) is 3. The summed E-state index contributed by atoms with van der Waals surface area (Å²) in [6.07, 6.45) is 1.61. The normalized spacial score (nSPS) is 10.1. The molecule has 0 fully saturated rings. The summed E-state index contributed by atoms with van der Waals surface area (Å²) in [6.45, 7) is 2.46. The summed E-state index contributed by atoms with van der Waals surface area (Å²) in [5.74, 6) is 0.636. The molecule has 0 aliphatic carbocycles. The van der Waals surface area contributed by atoms with Crippen molar-refractivity contribution in [3.63, 3.8) is 0 Å². The van der Waals surface area contributed by atoms with E-state index in [1.165, 1.54) is 0 Å². The molecule has 2 rings (SSSR count). The van der Waals surface area contributed by atoms with Gasteiger partial charge in [0.2, 0.25) is 0 Å². The van der Waals surface area contributed by atoms with Crippen LogP contribution in [0.2, 0.25) is 5.02 Å². The smallest absolute Gasteiger partial charge is 0.147 e. The fourth-order valence-electron chi connectivity index (χ4n) is 1.69.